The maximum Gasteiger partial charge on any atom is 0.359 e. The van der Waals surface area contributed by atoms with Crippen molar-refractivity contribution in [1.82, 2.24) is 9.47 Å². The van der Waals surface area contributed by atoms with Crippen LogP contribution >= 0.6 is 0 Å². The van der Waals surface area contributed by atoms with E-state index in [0.717, 1.165) is 22.4 Å². The van der Waals surface area contributed by atoms with Crippen molar-refractivity contribution in [3.8, 4) is 28.7 Å². The van der Waals surface area contributed by atoms with Gasteiger partial charge in [-0.2, -0.15) is 0 Å². The number of benzene rings is 4. The third-order valence-corrected chi connectivity index (χ3v) is 7.27. The molecule has 0 saturated carbocycles. The number of aromatic nitrogens is 1. The number of amides is 1. The predicted molar refractivity (Wildman–Crippen MR) is 179 cm³/mol. The molecule has 0 bridgehead atoms. The molecule has 0 aliphatic carbocycles. The van der Waals surface area contributed by atoms with Crippen LogP contribution in [-0.4, -0.2) is 49.2 Å². The van der Waals surface area contributed by atoms with E-state index in [-0.39, 0.29) is 48.6 Å². The lowest BCUT2D eigenvalue weighted by Crippen LogP contribution is -2.26. The van der Waals surface area contributed by atoms with Crippen molar-refractivity contribution >= 4 is 11.9 Å². The summed E-state index contributed by atoms with van der Waals surface area (Å²) in [6.07, 6.45) is 0. The zero-order chi connectivity index (χ0) is 33.2. The van der Waals surface area contributed by atoms with Crippen LogP contribution in [-0.2, 0) is 24.6 Å². The minimum absolute atomic E-state index is 0.0444. The average Bonchev–Trinajstić information content (AvgIpc) is 3.43. The quantitative estimate of drug-likeness (QED) is 0.120. The maximum atomic E-state index is 13.9. The molecule has 5 rings (SSSR count). The second kappa shape index (κ2) is 15.5. The summed E-state index contributed by atoms with van der Waals surface area (Å²) in [6, 6.07) is 33.9. The Kier molecular flexibility index (Phi) is 10.8. The molecule has 0 unspecified atom stereocenters. The molecule has 0 aliphatic heterocycles. The van der Waals surface area contributed by atoms with Crippen LogP contribution < -0.4 is 18.9 Å². The molecule has 9 nitrogen and oxygen atoms in total. The molecule has 242 valence electrons. The summed E-state index contributed by atoms with van der Waals surface area (Å²) >= 11 is 0. The molecule has 1 aromatic heterocycles. The molecule has 0 spiro atoms. The summed E-state index contributed by atoms with van der Waals surface area (Å²) < 4.78 is 31.1. The van der Waals surface area contributed by atoms with Crippen molar-refractivity contribution in [3.05, 3.63) is 137 Å². The molecule has 5 aromatic rings. The Balaban J connectivity index is 1.59. The van der Waals surface area contributed by atoms with Crippen molar-refractivity contribution in [2.24, 2.45) is 0 Å². The third kappa shape index (κ3) is 7.94. The summed E-state index contributed by atoms with van der Waals surface area (Å²) in [5.41, 5.74) is 3.43. The molecule has 0 fully saturated rings. The third-order valence-electron chi connectivity index (χ3n) is 7.27. The second-order valence-corrected chi connectivity index (χ2v) is 10.8. The van der Waals surface area contributed by atoms with Crippen molar-refractivity contribution in [3.63, 3.8) is 0 Å². The van der Waals surface area contributed by atoms with E-state index in [1.54, 1.807) is 57.0 Å². The van der Waals surface area contributed by atoms with Crippen LogP contribution in [0.4, 0.5) is 0 Å². The Hall–Kier alpha value is -5.70. The first-order chi connectivity index (χ1) is 22.9. The van der Waals surface area contributed by atoms with Gasteiger partial charge in [0.15, 0.2) is 22.9 Å². The van der Waals surface area contributed by atoms with Gasteiger partial charge in [-0.05, 0) is 60.0 Å². The van der Waals surface area contributed by atoms with Crippen molar-refractivity contribution in [1.29, 1.82) is 0 Å². The van der Waals surface area contributed by atoms with Gasteiger partial charge < -0.3 is 28.6 Å². The minimum Gasteiger partial charge on any atom is -0.497 e. The lowest BCUT2D eigenvalue weighted by atomic mass is 10.2. The number of rotatable bonds is 14. The fraction of sp³-hybridized carbons (Fsp3) is 0.211. The van der Waals surface area contributed by atoms with Crippen LogP contribution in [0.5, 0.6) is 23.0 Å². The Morgan fingerprint density at radius 3 is 1.62 bits per heavy atom. The number of esters is 1. The van der Waals surface area contributed by atoms with Gasteiger partial charge in [-0.25, -0.2) is 4.79 Å². The van der Waals surface area contributed by atoms with Crippen molar-refractivity contribution in [2.45, 2.75) is 26.7 Å². The fourth-order valence-electron chi connectivity index (χ4n) is 4.88. The molecule has 47 heavy (non-hydrogen) atoms. The molecule has 9 heteroatoms. The van der Waals surface area contributed by atoms with Crippen molar-refractivity contribution in [2.75, 3.05) is 27.8 Å². The molecule has 0 N–H and O–H groups in total. The van der Waals surface area contributed by atoms with Gasteiger partial charge in [0.25, 0.3) is 5.91 Å². The smallest absolute Gasteiger partial charge is 0.359 e. The topological polar surface area (TPSA) is 88.5 Å². The highest BCUT2D eigenvalue weighted by molar-refractivity contribution is 6.02. The Morgan fingerprint density at radius 1 is 0.617 bits per heavy atom. The number of ether oxygens (including phenoxy) is 5. The van der Waals surface area contributed by atoms with Crippen molar-refractivity contribution < 1.29 is 33.3 Å². The summed E-state index contributed by atoms with van der Waals surface area (Å²) in [7, 11) is 4.91. The largest absolute Gasteiger partial charge is 0.497 e. The predicted octanol–water partition coefficient (Wildman–Crippen LogP) is 7.10. The highest BCUT2D eigenvalue weighted by atomic mass is 16.5. The van der Waals surface area contributed by atoms with E-state index in [4.69, 9.17) is 23.7 Å². The number of hydrogen-bond donors (Lipinski definition) is 0. The first-order valence-corrected chi connectivity index (χ1v) is 15.3. The van der Waals surface area contributed by atoms with E-state index in [9.17, 15) is 9.59 Å². The fourth-order valence-corrected chi connectivity index (χ4v) is 4.88. The van der Waals surface area contributed by atoms with Crippen LogP contribution in [0.15, 0.2) is 109 Å². The van der Waals surface area contributed by atoms with Gasteiger partial charge in [-0.1, -0.05) is 72.8 Å². The zero-order valence-corrected chi connectivity index (χ0v) is 27.0. The van der Waals surface area contributed by atoms with Crippen LogP contribution in [0.3, 0.4) is 0 Å². The Morgan fingerprint density at radius 2 is 1.11 bits per heavy atom. The van der Waals surface area contributed by atoms with Crippen LogP contribution in [0.2, 0.25) is 0 Å². The zero-order valence-electron chi connectivity index (χ0n) is 27.0. The van der Waals surface area contributed by atoms with Crippen LogP contribution in [0.1, 0.15) is 44.6 Å². The van der Waals surface area contributed by atoms with E-state index in [2.05, 4.69) is 0 Å². The summed E-state index contributed by atoms with van der Waals surface area (Å²) in [6.45, 7) is 2.47. The first kappa shape index (κ1) is 32.7. The first-order valence-electron chi connectivity index (χ1n) is 15.3. The number of methoxy groups -OCH3 is 1. The average molecular weight is 635 g/mol. The monoisotopic (exact) mass is 634 g/mol. The maximum absolute atomic E-state index is 13.9. The van der Waals surface area contributed by atoms with Gasteiger partial charge in [0, 0.05) is 19.8 Å². The van der Waals surface area contributed by atoms with Gasteiger partial charge in [0.1, 0.15) is 31.3 Å². The molecule has 0 atom stereocenters. The van der Waals surface area contributed by atoms with Gasteiger partial charge in [-0.15, -0.1) is 0 Å². The van der Waals surface area contributed by atoms with Gasteiger partial charge >= 0.3 is 5.97 Å². The number of carbonyl (C=O) groups is 2. The van der Waals surface area contributed by atoms with E-state index in [1.807, 2.05) is 84.9 Å². The van der Waals surface area contributed by atoms with Crippen LogP contribution in [0.25, 0.3) is 5.69 Å². The highest BCUT2D eigenvalue weighted by Crippen LogP contribution is 2.42. The summed E-state index contributed by atoms with van der Waals surface area (Å²) in [5, 5.41) is 0. The highest BCUT2D eigenvalue weighted by Gasteiger charge is 2.36. The molecule has 0 radical (unpaired) electrons. The molecule has 0 saturated heterocycles. The molecular weight excluding hydrogens is 596 g/mol. The number of hydrogen-bond acceptors (Lipinski definition) is 7. The second-order valence-electron chi connectivity index (χ2n) is 10.8. The molecular formula is C38H38N2O7. The van der Waals surface area contributed by atoms with Gasteiger partial charge in [-0.3, -0.25) is 9.36 Å². The SMILES string of the molecule is CCOC(=O)c1c(OCc2ccccc2)c(OCc2ccccc2)c(C(=O)N(C)C)n1-c1ccc(OCc2ccc(OC)cc2)cc1. The standard InChI is InChI=1S/C38H38N2O7/c1-5-44-38(42)34-36(47-26-28-14-10-7-11-15-28)35(46-25-27-12-8-6-9-13-27)33(37(41)39(2)3)40(34)30-18-22-32(23-19-30)45-24-29-16-20-31(43-4)21-17-29/h6-23H,5,24-26H2,1-4H3. The summed E-state index contributed by atoms with van der Waals surface area (Å²) in [4.78, 5) is 29.1. The molecule has 1 heterocycles. The van der Waals surface area contributed by atoms with Gasteiger partial charge in [0.05, 0.1) is 13.7 Å². The summed E-state index contributed by atoms with van der Waals surface area (Å²) in [5.74, 6) is 0.603. The molecule has 1 amide bonds. The number of carbonyl (C=O) groups excluding carboxylic acids is 2. The number of nitrogens with zero attached hydrogens (tertiary/aromatic N) is 2. The minimum atomic E-state index is -0.655. The lowest BCUT2D eigenvalue weighted by Gasteiger charge is -2.17. The normalized spacial score (nSPS) is 10.6. The van der Waals surface area contributed by atoms with E-state index in [1.165, 1.54) is 4.90 Å². The molecule has 0 aliphatic rings. The Bertz CT molecular complexity index is 1770. The molecule has 4 aromatic carbocycles. The van der Waals surface area contributed by atoms with E-state index >= 15 is 0 Å². The Labute approximate surface area is 274 Å². The van der Waals surface area contributed by atoms with Gasteiger partial charge in [0.2, 0.25) is 0 Å². The lowest BCUT2D eigenvalue weighted by molar-refractivity contribution is 0.0511. The van der Waals surface area contributed by atoms with E-state index < -0.39 is 5.97 Å². The van der Waals surface area contributed by atoms with E-state index in [0.29, 0.717) is 18.0 Å². The van der Waals surface area contributed by atoms with Crippen LogP contribution in [0, 0.1) is 0 Å².